The van der Waals surface area contributed by atoms with E-state index in [-0.39, 0.29) is 29.9 Å². The third-order valence-corrected chi connectivity index (χ3v) is 7.71. The molecule has 2 amide bonds. The van der Waals surface area contributed by atoms with Gasteiger partial charge in [-0.3, -0.25) is 14.5 Å². The van der Waals surface area contributed by atoms with Gasteiger partial charge in [-0.1, -0.05) is 30.3 Å². The van der Waals surface area contributed by atoms with E-state index >= 15 is 0 Å². The van der Waals surface area contributed by atoms with E-state index in [1.54, 1.807) is 11.0 Å². The molecule has 1 saturated heterocycles. The van der Waals surface area contributed by atoms with Gasteiger partial charge in [-0.15, -0.1) is 0 Å². The monoisotopic (exact) mass is 457 g/mol. The maximum atomic E-state index is 13.1. The van der Waals surface area contributed by atoms with E-state index in [9.17, 15) is 18.0 Å². The second kappa shape index (κ2) is 9.30. The van der Waals surface area contributed by atoms with Crippen LogP contribution in [0.15, 0.2) is 53.4 Å². The summed E-state index contributed by atoms with van der Waals surface area (Å²) in [4.78, 5) is 28.8. The van der Waals surface area contributed by atoms with Gasteiger partial charge in [-0.05, 0) is 43.5 Å². The van der Waals surface area contributed by atoms with Crippen molar-refractivity contribution in [3.63, 3.8) is 0 Å². The quantitative estimate of drug-likeness (QED) is 0.637. The lowest BCUT2D eigenvalue weighted by Gasteiger charge is -2.31. The first kappa shape index (κ1) is 22.3. The Bertz CT molecular complexity index is 1100. The van der Waals surface area contributed by atoms with Crippen molar-refractivity contribution in [1.29, 1.82) is 0 Å². The molecular weight excluding hydrogens is 430 g/mol. The Balaban J connectivity index is 1.58. The molecule has 2 aromatic rings. The first-order chi connectivity index (χ1) is 15.4. The fourth-order valence-corrected chi connectivity index (χ4v) is 5.55. The number of hydrogen-bond acceptors (Lipinski definition) is 5. The van der Waals surface area contributed by atoms with E-state index in [0.717, 1.165) is 18.4 Å². The largest absolute Gasteiger partial charge is 0.482 e. The molecule has 0 bridgehead atoms. The van der Waals surface area contributed by atoms with Crippen LogP contribution in [0.4, 0.5) is 5.69 Å². The highest BCUT2D eigenvalue weighted by Crippen LogP contribution is 2.35. The van der Waals surface area contributed by atoms with E-state index in [2.05, 4.69) is 0 Å². The molecule has 2 aliphatic rings. The minimum Gasteiger partial charge on any atom is -0.482 e. The molecule has 0 unspecified atom stereocenters. The highest BCUT2D eigenvalue weighted by atomic mass is 32.2. The van der Waals surface area contributed by atoms with Gasteiger partial charge in [0.05, 0.1) is 10.6 Å². The molecule has 4 rings (SSSR count). The SMILES string of the molecule is CCN(Cc1ccccc1)C(=O)CN1C(=O)COc2ccc(S(=O)(=O)N3CCCC3)cc21. The van der Waals surface area contributed by atoms with Crippen molar-refractivity contribution in [3.8, 4) is 5.75 Å². The highest BCUT2D eigenvalue weighted by molar-refractivity contribution is 7.89. The first-order valence-electron chi connectivity index (χ1n) is 10.8. The number of carbonyl (C=O) groups excluding carboxylic acids is 2. The molecule has 2 aliphatic heterocycles. The van der Waals surface area contributed by atoms with E-state index in [0.29, 0.717) is 37.6 Å². The second-order valence-corrected chi connectivity index (χ2v) is 9.84. The number of anilines is 1. The van der Waals surface area contributed by atoms with Crippen LogP contribution in [-0.2, 0) is 26.2 Å². The van der Waals surface area contributed by atoms with Gasteiger partial charge in [-0.25, -0.2) is 8.42 Å². The summed E-state index contributed by atoms with van der Waals surface area (Å²) < 4.78 is 32.9. The van der Waals surface area contributed by atoms with Crippen molar-refractivity contribution < 1.29 is 22.7 Å². The van der Waals surface area contributed by atoms with Crippen molar-refractivity contribution in [2.24, 2.45) is 0 Å². The van der Waals surface area contributed by atoms with Crippen LogP contribution in [0.3, 0.4) is 0 Å². The fraction of sp³-hybridized carbons (Fsp3) is 0.391. The molecule has 170 valence electrons. The number of hydrogen-bond donors (Lipinski definition) is 0. The summed E-state index contributed by atoms with van der Waals surface area (Å²) >= 11 is 0. The van der Waals surface area contributed by atoms with Gasteiger partial charge < -0.3 is 9.64 Å². The fourth-order valence-electron chi connectivity index (χ4n) is 4.01. The molecule has 0 saturated carbocycles. The Kier molecular flexibility index (Phi) is 6.48. The molecule has 0 radical (unpaired) electrons. The standard InChI is InChI=1S/C23H27N3O5S/c1-2-24(15-18-8-4-3-5-9-18)22(27)16-26-20-14-19(10-11-21(20)31-17-23(26)28)32(29,30)25-12-6-7-13-25/h3-5,8-11,14H,2,6-7,12-13,15-17H2,1H3. The minimum absolute atomic E-state index is 0.102. The zero-order valence-corrected chi connectivity index (χ0v) is 18.9. The van der Waals surface area contributed by atoms with Crippen molar-refractivity contribution in [2.75, 3.05) is 37.7 Å². The zero-order valence-electron chi connectivity index (χ0n) is 18.1. The van der Waals surface area contributed by atoms with E-state index in [4.69, 9.17) is 4.74 Å². The van der Waals surface area contributed by atoms with Crippen LogP contribution in [0.25, 0.3) is 0 Å². The Morgan fingerprint density at radius 1 is 1.09 bits per heavy atom. The molecule has 9 heteroatoms. The molecule has 2 heterocycles. The van der Waals surface area contributed by atoms with Crippen LogP contribution >= 0.6 is 0 Å². The second-order valence-electron chi connectivity index (χ2n) is 7.90. The number of benzene rings is 2. The summed E-state index contributed by atoms with van der Waals surface area (Å²) in [5, 5.41) is 0. The third kappa shape index (κ3) is 4.49. The summed E-state index contributed by atoms with van der Waals surface area (Å²) in [7, 11) is -3.66. The van der Waals surface area contributed by atoms with E-state index in [1.807, 2.05) is 37.3 Å². The lowest BCUT2D eigenvalue weighted by Crippen LogP contribution is -2.46. The molecule has 0 N–H and O–H groups in total. The molecule has 0 spiro atoms. The van der Waals surface area contributed by atoms with Crippen molar-refractivity contribution in [3.05, 3.63) is 54.1 Å². The molecule has 8 nitrogen and oxygen atoms in total. The van der Waals surface area contributed by atoms with Crippen LogP contribution in [0, 0.1) is 0 Å². The molecular formula is C23H27N3O5S. The summed E-state index contributed by atoms with van der Waals surface area (Å²) in [6.45, 7) is 3.42. The Morgan fingerprint density at radius 2 is 1.81 bits per heavy atom. The summed E-state index contributed by atoms with van der Waals surface area (Å²) in [5.41, 5.74) is 1.31. The lowest BCUT2D eigenvalue weighted by molar-refractivity contribution is -0.132. The smallest absolute Gasteiger partial charge is 0.265 e. The molecule has 0 atom stereocenters. The van der Waals surface area contributed by atoms with Crippen molar-refractivity contribution in [1.82, 2.24) is 9.21 Å². The molecule has 1 fully saturated rings. The van der Waals surface area contributed by atoms with Gasteiger partial charge >= 0.3 is 0 Å². The third-order valence-electron chi connectivity index (χ3n) is 5.82. The minimum atomic E-state index is -3.66. The Labute approximate surface area is 188 Å². The van der Waals surface area contributed by atoms with Gasteiger partial charge in [0.25, 0.3) is 5.91 Å². The van der Waals surface area contributed by atoms with Crippen LogP contribution in [0.2, 0.25) is 0 Å². The predicted molar refractivity (Wildman–Crippen MR) is 120 cm³/mol. The van der Waals surface area contributed by atoms with Crippen molar-refractivity contribution >= 4 is 27.5 Å². The molecule has 32 heavy (non-hydrogen) atoms. The molecule has 0 aromatic heterocycles. The predicted octanol–water partition coefficient (Wildman–Crippen LogP) is 2.25. The average Bonchev–Trinajstić information content (AvgIpc) is 3.35. The van der Waals surface area contributed by atoms with Crippen LogP contribution in [0.1, 0.15) is 25.3 Å². The number of likely N-dealkylation sites (N-methyl/N-ethyl adjacent to an activating group) is 1. The van der Waals surface area contributed by atoms with Crippen LogP contribution < -0.4 is 9.64 Å². The molecule has 2 aromatic carbocycles. The van der Waals surface area contributed by atoms with E-state index in [1.165, 1.54) is 21.3 Å². The number of ether oxygens (including phenoxy) is 1. The Morgan fingerprint density at radius 3 is 2.50 bits per heavy atom. The van der Waals surface area contributed by atoms with E-state index < -0.39 is 10.0 Å². The number of amides is 2. The normalized spacial score (nSPS) is 16.5. The van der Waals surface area contributed by atoms with Gasteiger partial charge in [0.1, 0.15) is 12.3 Å². The lowest BCUT2D eigenvalue weighted by atomic mass is 10.2. The summed E-state index contributed by atoms with van der Waals surface area (Å²) in [5.74, 6) is -0.202. The summed E-state index contributed by atoms with van der Waals surface area (Å²) in [6.07, 6.45) is 1.67. The van der Waals surface area contributed by atoms with Gasteiger partial charge in [-0.2, -0.15) is 4.31 Å². The maximum absolute atomic E-state index is 13.1. The number of carbonyl (C=O) groups is 2. The van der Waals surface area contributed by atoms with Gasteiger partial charge in [0.2, 0.25) is 15.9 Å². The zero-order chi connectivity index (χ0) is 22.7. The topological polar surface area (TPSA) is 87.2 Å². The number of sulfonamides is 1. The number of nitrogens with zero attached hydrogens (tertiary/aromatic N) is 3. The van der Waals surface area contributed by atoms with Crippen LogP contribution in [0.5, 0.6) is 5.75 Å². The summed E-state index contributed by atoms with van der Waals surface area (Å²) in [6, 6.07) is 14.1. The van der Waals surface area contributed by atoms with Gasteiger partial charge in [0, 0.05) is 26.2 Å². The maximum Gasteiger partial charge on any atom is 0.265 e. The number of fused-ring (bicyclic) bond motifs is 1. The highest BCUT2D eigenvalue weighted by Gasteiger charge is 2.32. The average molecular weight is 458 g/mol. The van der Waals surface area contributed by atoms with Crippen molar-refractivity contribution in [2.45, 2.75) is 31.2 Å². The Hall–Kier alpha value is -2.91. The van der Waals surface area contributed by atoms with Gasteiger partial charge in [0.15, 0.2) is 6.61 Å². The van der Waals surface area contributed by atoms with Crippen LogP contribution in [-0.4, -0.2) is 62.2 Å². The number of rotatable bonds is 7. The molecule has 0 aliphatic carbocycles. The first-order valence-corrected chi connectivity index (χ1v) is 12.2.